The fraction of sp³-hybridized carbons (Fsp3) is 0.375. The van der Waals surface area contributed by atoms with Crippen molar-refractivity contribution in [2.45, 2.75) is 37.5 Å². The fourth-order valence-electron chi connectivity index (χ4n) is 6.69. The predicted octanol–water partition coefficient (Wildman–Crippen LogP) is 2.91. The first-order valence-corrected chi connectivity index (χ1v) is 15.4. The number of alkyl halides is 3. The monoisotopic (exact) mass is 648 g/mol. The molecule has 2 unspecified atom stereocenters. The fourth-order valence-corrected chi connectivity index (χ4v) is 6.69. The number of carbonyl (C=O) groups is 4. The molecule has 1 aromatic heterocycles. The number of hydrogen-bond acceptors (Lipinski definition) is 10. The summed E-state index contributed by atoms with van der Waals surface area (Å²) in [4.78, 5) is 67.0. The Morgan fingerprint density at radius 2 is 1.62 bits per heavy atom. The maximum Gasteiger partial charge on any atom is 0.416 e. The highest BCUT2D eigenvalue weighted by Gasteiger charge is 2.46. The van der Waals surface area contributed by atoms with Crippen LogP contribution >= 0.6 is 0 Å². The molecule has 3 saturated heterocycles. The molecule has 0 radical (unpaired) electrons. The average Bonchev–Trinajstić information content (AvgIpc) is 3.63. The zero-order valence-corrected chi connectivity index (χ0v) is 25.2. The lowest BCUT2D eigenvalue weighted by Crippen LogP contribution is -2.54. The van der Waals surface area contributed by atoms with E-state index in [1.54, 1.807) is 36.5 Å². The highest BCUT2D eigenvalue weighted by molar-refractivity contribution is 6.25. The lowest BCUT2D eigenvalue weighted by Gasteiger charge is -2.36. The number of halogens is 3. The molecule has 4 aliphatic rings. The van der Waals surface area contributed by atoms with Crippen molar-refractivity contribution in [2.75, 3.05) is 59.3 Å². The van der Waals surface area contributed by atoms with Gasteiger partial charge in [-0.3, -0.25) is 29.4 Å². The molecule has 15 heteroatoms. The lowest BCUT2D eigenvalue weighted by molar-refractivity contribution is -0.138. The molecule has 0 aliphatic carbocycles. The second-order valence-corrected chi connectivity index (χ2v) is 12.0. The number of benzene rings is 2. The third-order valence-corrected chi connectivity index (χ3v) is 9.07. The number of imide groups is 2. The molecular formula is C32H31F3N8O4. The van der Waals surface area contributed by atoms with Crippen LogP contribution in [0.25, 0.3) is 0 Å². The van der Waals surface area contributed by atoms with Crippen LogP contribution in [-0.2, 0) is 15.8 Å². The van der Waals surface area contributed by atoms with E-state index in [-0.39, 0.29) is 30.0 Å². The van der Waals surface area contributed by atoms with E-state index in [2.05, 4.69) is 15.6 Å². The SMILES string of the molecule is O=C1CCC(N2C(=O)c3cccc(N4CCC(Nc5ccnc(N6CCN(c7cccc(C(F)(F)F)c7)CC6)n5)C4)c3C2=O)C(=O)N1. The van der Waals surface area contributed by atoms with E-state index in [0.717, 1.165) is 17.4 Å². The van der Waals surface area contributed by atoms with Gasteiger partial charge in [0.05, 0.1) is 22.4 Å². The number of piperazine rings is 1. The van der Waals surface area contributed by atoms with E-state index in [9.17, 15) is 32.3 Å². The summed E-state index contributed by atoms with van der Waals surface area (Å²) in [7, 11) is 0. The van der Waals surface area contributed by atoms with E-state index in [1.807, 2.05) is 14.7 Å². The average molecular weight is 649 g/mol. The van der Waals surface area contributed by atoms with Crippen molar-refractivity contribution in [1.29, 1.82) is 0 Å². The number of anilines is 4. The van der Waals surface area contributed by atoms with E-state index in [1.165, 1.54) is 12.1 Å². The van der Waals surface area contributed by atoms with Crippen LogP contribution in [-0.4, -0.2) is 89.8 Å². The smallest absolute Gasteiger partial charge is 0.369 e. The highest BCUT2D eigenvalue weighted by atomic mass is 19.4. The lowest BCUT2D eigenvalue weighted by atomic mass is 10.0. The molecule has 47 heavy (non-hydrogen) atoms. The van der Waals surface area contributed by atoms with Crippen molar-refractivity contribution in [3.63, 3.8) is 0 Å². The van der Waals surface area contributed by atoms with Crippen LogP contribution in [0.15, 0.2) is 54.7 Å². The number of hydrogen-bond donors (Lipinski definition) is 2. The molecule has 12 nitrogen and oxygen atoms in total. The summed E-state index contributed by atoms with van der Waals surface area (Å²) >= 11 is 0. The van der Waals surface area contributed by atoms with E-state index in [4.69, 9.17) is 4.98 Å². The van der Waals surface area contributed by atoms with E-state index < -0.39 is 41.4 Å². The number of rotatable bonds is 6. The Labute approximate surface area is 267 Å². The normalized spacial score (nSPS) is 21.8. The Morgan fingerprint density at radius 1 is 0.851 bits per heavy atom. The van der Waals surface area contributed by atoms with Gasteiger partial charge in [0.2, 0.25) is 17.8 Å². The van der Waals surface area contributed by atoms with Crippen molar-refractivity contribution in [3.8, 4) is 0 Å². The maximum absolute atomic E-state index is 13.6. The molecule has 3 fully saturated rings. The summed E-state index contributed by atoms with van der Waals surface area (Å²) in [5.74, 6) is -1.02. The molecule has 4 aliphatic heterocycles. The molecule has 2 atom stereocenters. The van der Waals surface area contributed by atoms with Gasteiger partial charge in [-0.1, -0.05) is 12.1 Å². The number of amides is 4. The summed E-state index contributed by atoms with van der Waals surface area (Å²) in [5, 5.41) is 5.67. The number of nitrogens with zero attached hydrogens (tertiary/aromatic N) is 6. The number of aromatic nitrogens is 2. The highest BCUT2D eigenvalue weighted by Crippen LogP contribution is 2.36. The first kappa shape index (κ1) is 30.4. The minimum Gasteiger partial charge on any atom is -0.369 e. The minimum atomic E-state index is -4.40. The third-order valence-electron chi connectivity index (χ3n) is 9.07. The van der Waals surface area contributed by atoms with Gasteiger partial charge in [-0.25, -0.2) is 4.98 Å². The molecule has 3 aromatic rings. The van der Waals surface area contributed by atoms with Crippen molar-refractivity contribution < 1.29 is 32.3 Å². The molecule has 244 valence electrons. The van der Waals surface area contributed by atoms with Gasteiger partial charge in [-0.15, -0.1) is 0 Å². The summed E-state index contributed by atoms with van der Waals surface area (Å²) in [6.45, 7) is 3.26. The zero-order valence-electron chi connectivity index (χ0n) is 25.2. The number of piperidine rings is 1. The molecule has 4 amide bonds. The van der Waals surface area contributed by atoms with Gasteiger partial charge < -0.3 is 20.0 Å². The Balaban J connectivity index is 0.991. The first-order valence-electron chi connectivity index (χ1n) is 15.4. The summed E-state index contributed by atoms with van der Waals surface area (Å²) in [6, 6.07) is 11.2. The van der Waals surface area contributed by atoms with Crippen LogP contribution in [0.3, 0.4) is 0 Å². The van der Waals surface area contributed by atoms with Crippen molar-refractivity contribution >= 4 is 46.8 Å². The number of carbonyl (C=O) groups excluding carboxylic acids is 4. The Bertz CT molecular complexity index is 1760. The minimum absolute atomic E-state index is 0.0233. The van der Waals surface area contributed by atoms with Crippen molar-refractivity contribution in [1.82, 2.24) is 20.2 Å². The van der Waals surface area contributed by atoms with Gasteiger partial charge in [0, 0.05) is 63.6 Å². The topological polar surface area (TPSA) is 131 Å². The largest absolute Gasteiger partial charge is 0.416 e. The molecular weight excluding hydrogens is 617 g/mol. The zero-order chi connectivity index (χ0) is 32.9. The van der Waals surface area contributed by atoms with Gasteiger partial charge >= 0.3 is 6.18 Å². The second kappa shape index (κ2) is 11.9. The van der Waals surface area contributed by atoms with E-state index >= 15 is 0 Å². The van der Waals surface area contributed by atoms with Crippen LogP contribution in [0, 0.1) is 0 Å². The number of nitrogens with one attached hydrogen (secondary N) is 2. The molecule has 0 spiro atoms. The Kier molecular flexibility index (Phi) is 7.68. The van der Waals surface area contributed by atoms with Gasteiger partial charge in [0.15, 0.2) is 0 Å². The molecule has 0 saturated carbocycles. The molecule has 2 aromatic carbocycles. The van der Waals surface area contributed by atoms with Crippen molar-refractivity contribution in [2.24, 2.45) is 0 Å². The quantitative estimate of drug-likeness (QED) is 0.385. The van der Waals surface area contributed by atoms with Crippen LogP contribution < -0.4 is 25.3 Å². The molecule has 2 N–H and O–H groups in total. The van der Waals surface area contributed by atoms with E-state index in [0.29, 0.717) is 62.4 Å². The standard InChI is InChI=1S/C32H31F3N8O4/c33-32(34,35)19-3-1-4-21(17-19)40-13-15-41(16-14-40)31-36-11-9-25(38-31)37-20-10-12-42(18-20)23-6-2-5-22-27(23)30(47)43(29(22)46)24-7-8-26(44)39-28(24)45/h1-6,9,11,17,20,24H,7-8,10,12-16,18H2,(H,36,37,38)(H,39,44,45). The van der Waals surface area contributed by atoms with Crippen LogP contribution in [0.1, 0.15) is 45.5 Å². The third kappa shape index (κ3) is 5.81. The summed E-state index contributed by atoms with van der Waals surface area (Å²) < 4.78 is 39.6. The van der Waals surface area contributed by atoms with Gasteiger partial charge in [0.25, 0.3) is 11.8 Å². The van der Waals surface area contributed by atoms with Crippen LogP contribution in [0.4, 0.5) is 36.3 Å². The maximum atomic E-state index is 13.6. The van der Waals surface area contributed by atoms with Gasteiger partial charge in [0.1, 0.15) is 11.9 Å². The second-order valence-electron chi connectivity index (χ2n) is 12.0. The Morgan fingerprint density at radius 3 is 2.38 bits per heavy atom. The summed E-state index contributed by atoms with van der Waals surface area (Å²) in [6.07, 6.45) is -1.86. The van der Waals surface area contributed by atoms with Crippen LogP contribution in [0.5, 0.6) is 0 Å². The summed E-state index contributed by atoms with van der Waals surface area (Å²) in [5.41, 5.74) is 0.969. The van der Waals surface area contributed by atoms with Crippen LogP contribution in [0.2, 0.25) is 0 Å². The first-order chi connectivity index (χ1) is 22.6. The van der Waals surface area contributed by atoms with Crippen molar-refractivity contribution in [3.05, 3.63) is 71.4 Å². The molecule has 7 rings (SSSR count). The Hall–Kier alpha value is -5.21. The molecule has 0 bridgehead atoms. The predicted molar refractivity (Wildman–Crippen MR) is 165 cm³/mol. The number of fused-ring (bicyclic) bond motifs is 1. The van der Waals surface area contributed by atoms with Gasteiger partial charge in [-0.2, -0.15) is 18.2 Å². The molecule has 5 heterocycles. The van der Waals surface area contributed by atoms with Gasteiger partial charge in [-0.05, 0) is 49.2 Å².